The van der Waals surface area contributed by atoms with Gasteiger partial charge in [0.05, 0.1) is 10.6 Å². The van der Waals surface area contributed by atoms with Crippen LogP contribution in [0.25, 0.3) is 0 Å². The number of rotatable bonds is 10. The molecule has 37 heavy (non-hydrogen) atoms. The lowest BCUT2D eigenvalue weighted by Gasteiger charge is -2.32. The molecule has 1 N–H and O–H groups in total. The highest BCUT2D eigenvalue weighted by molar-refractivity contribution is 9.10. The van der Waals surface area contributed by atoms with Crippen LogP contribution in [0.2, 0.25) is 0 Å². The fourth-order valence-electron chi connectivity index (χ4n) is 3.78. The summed E-state index contributed by atoms with van der Waals surface area (Å²) in [7, 11) is -4.06. The first kappa shape index (κ1) is 28.4. The number of nitrogens with one attached hydrogen (secondary N) is 1. The molecular weight excluding hydrogens is 554 g/mol. The van der Waals surface area contributed by atoms with Gasteiger partial charge < -0.3 is 10.2 Å². The molecule has 0 aliphatic heterocycles. The zero-order valence-corrected chi connectivity index (χ0v) is 23.8. The largest absolute Gasteiger partial charge is 0.352 e. The molecule has 3 aromatic rings. The van der Waals surface area contributed by atoms with Crippen LogP contribution in [0.1, 0.15) is 31.9 Å². The molecule has 0 aliphatic rings. The van der Waals surface area contributed by atoms with E-state index in [0.717, 1.165) is 19.9 Å². The van der Waals surface area contributed by atoms with E-state index in [-0.39, 0.29) is 23.4 Å². The van der Waals surface area contributed by atoms with Crippen molar-refractivity contribution in [2.75, 3.05) is 10.8 Å². The highest BCUT2D eigenvalue weighted by atomic mass is 79.9. The number of anilines is 1. The number of hydrogen-bond acceptors (Lipinski definition) is 4. The van der Waals surface area contributed by atoms with Crippen LogP contribution in [0, 0.1) is 6.92 Å². The van der Waals surface area contributed by atoms with Crippen LogP contribution in [0.15, 0.2) is 88.2 Å². The molecule has 0 saturated heterocycles. The molecule has 0 radical (unpaired) electrons. The van der Waals surface area contributed by atoms with Gasteiger partial charge in [-0.2, -0.15) is 0 Å². The lowest BCUT2D eigenvalue weighted by molar-refractivity contribution is -0.139. The van der Waals surface area contributed by atoms with E-state index in [4.69, 9.17) is 0 Å². The minimum absolute atomic E-state index is 0.0764. The molecule has 0 aliphatic carbocycles. The highest BCUT2D eigenvalue weighted by Crippen LogP contribution is 2.25. The third-order valence-corrected chi connectivity index (χ3v) is 8.05. The number of amides is 2. The minimum atomic E-state index is -4.06. The van der Waals surface area contributed by atoms with Crippen LogP contribution in [-0.2, 0) is 26.2 Å². The number of hydrogen-bond donors (Lipinski definition) is 1. The number of benzene rings is 3. The summed E-state index contributed by atoms with van der Waals surface area (Å²) in [6.45, 7) is 6.91. The molecule has 0 heterocycles. The van der Waals surface area contributed by atoms with Crippen molar-refractivity contribution in [2.45, 2.75) is 51.2 Å². The predicted molar refractivity (Wildman–Crippen MR) is 150 cm³/mol. The quantitative estimate of drug-likeness (QED) is 0.367. The monoisotopic (exact) mass is 585 g/mol. The average Bonchev–Trinajstić information content (AvgIpc) is 2.86. The number of aryl methyl sites for hydroxylation is 1. The molecule has 3 aromatic carbocycles. The summed E-state index contributed by atoms with van der Waals surface area (Å²) in [5, 5.41) is 2.85. The van der Waals surface area contributed by atoms with E-state index in [0.29, 0.717) is 5.69 Å². The van der Waals surface area contributed by atoms with Gasteiger partial charge in [0.2, 0.25) is 11.8 Å². The minimum Gasteiger partial charge on any atom is -0.352 e. The summed E-state index contributed by atoms with van der Waals surface area (Å²) < 4.78 is 29.3. The lowest BCUT2D eigenvalue weighted by atomic mass is 10.1. The van der Waals surface area contributed by atoms with Crippen LogP contribution >= 0.6 is 15.9 Å². The Morgan fingerprint density at radius 1 is 0.919 bits per heavy atom. The van der Waals surface area contributed by atoms with Gasteiger partial charge in [0.1, 0.15) is 12.6 Å². The third-order valence-electron chi connectivity index (χ3n) is 5.77. The van der Waals surface area contributed by atoms with Crippen molar-refractivity contribution in [1.82, 2.24) is 10.2 Å². The van der Waals surface area contributed by atoms with Gasteiger partial charge in [-0.15, -0.1) is 0 Å². The van der Waals surface area contributed by atoms with Gasteiger partial charge in [-0.1, -0.05) is 64.0 Å². The fourth-order valence-corrected chi connectivity index (χ4v) is 5.66. The first-order valence-electron chi connectivity index (χ1n) is 12.0. The lowest BCUT2D eigenvalue weighted by Crippen LogP contribution is -2.52. The fraction of sp³-hybridized carbons (Fsp3) is 0.286. The second kappa shape index (κ2) is 12.4. The standard InChI is InChI=1S/C28H32BrN3O4S/c1-20(2)30-28(34)22(4)31(18-23-9-8-10-24(29)17-23)27(33)19-32(25-15-13-21(3)14-16-25)37(35,36)26-11-6-5-7-12-26/h5-17,20,22H,18-19H2,1-4H3,(H,30,34). The van der Waals surface area contributed by atoms with Gasteiger partial charge in [-0.3, -0.25) is 13.9 Å². The van der Waals surface area contributed by atoms with E-state index >= 15 is 0 Å². The number of carbonyl (C=O) groups is 2. The Morgan fingerprint density at radius 3 is 2.16 bits per heavy atom. The summed E-state index contributed by atoms with van der Waals surface area (Å²) >= 11 is 3.45. The molecule has 1 atom stereocenters. The van der Waals surface area contributed by atoms with Crippen LogP contribution in [0.5, 0.6) is 0 Å². The van der Waals surface area contributed by atoms with Crippen LogP contribution in [-0.4, -0.2) is 43.8 Å². The molecule has 0 spiro atoms. The molecule has 0 saturated carbocycles. The van der Waals surface area contributed by atoms with E-state index in [2.05, 4.69) is 21.2 Å². The number of sulfonamides is 1. The predicted octanol–water partition coefficient (Wildman–Crippen LogP) is 4.89. The second-order valence-electron chi connectivity index (χ2n) is 9.15. The molecule has 1 unspecified atom stereocenters. The molecule has 0 fully saturated rings. The molecule has 2 amide bonds. The van der Waals surface area contributed by atoms with Crippen molar-refractivity contribution < 1.29 is 18.0 Å². The van der Waals surface area contributed by atoms with Gasteiger partial charge in [0.15, 0.2) is 0 Å². The number of carbonyl (C=O) groups excluding carboxylic acids is 2. The topological polar surface area (TPSA) is 86.8 Å². The normalized spacial score (nSPS) is 12.2. The maximum atomic E-state index is 13.8. The highest BCUT2D eigenvalue weighted by Gasteiger charge is 2.32. The van der Waals surface area contributed by atoms with E-state index in [1.807, 2.05) is 45.0 Å². The summed E-state index contributed by atoms with van der Waals surface area (Å²) in [6, 6.07) is 21.5. The Balaban J connectivity index is 2.01. The maximum Gasteiger partial charge on any atom is 0.264 e. The van der Waals surface area contributed by atoms with Crippen molar-refractivity contribution >= 4 is 43.5 Å². The van der Waals surface area contributed by atoms with Gasteiger partial charge in [0.25, 0.3) is 10.0 Å². The number of nitrogens with zero attached hydrogens (tertiary/aromatic N) is 2. The Labute approximate surface area is 227 Å². The van der Waals surface area contributed by atoms with Crippen molar-refractivity contribution in [3.8, 4) is 0 Å². The van der Waals surface area contributed by atoms with E-state index in [9.17, 15) is 18.0 Å². The van der Waals surface area contributed by atoms with E-state index < -0.39 is 28.5 Å². The van der Waals surface area contributed by atoms with E-state index in [1.165, 1.54) is 17.0 Å². The van der Waals surface area contributed by atoms with E-state index in [1.54, 1.807) is 49.4 Å². The Hall–Kier alpha value is -3.17. The summed E-state index contributed by atoms with van der Waals surface area (Å²) in [6.07, 6.45) is 0. The van der Waals surface area contributed by atoms with Crippen molar-refractivity contribution in [2.24, 2.45) is 0 Å². The van der Waals surface area contributed by atoms with Crippen LogP contribution in [0.3, 0.4) is 0 Å². The van der Waals surface area contributed by atoms with Crippen molar-refractivity contribution in [3.05, 3.63) is 94.5 Å². The molecule has 0 aromatic heterocycles. The van der Waals surface area contributed by atoms with Gasteiger partial charge in [-0.25, -0.2) is 8.42 Å². The first-order chi connectivity index (χ1) is 17.5. The SMILES string of the molecule is Cc1ccc(N(CC(=O)N(Cc2cccc(Br)c2)C(C)C(=O)NC(C)C)S(=O)(=O)c2ccccc2)cc1. The smallest absolute Gasteiger partial charge is 0.264 e. The first-order valence-corrected chi connectivity index (χ1v) is 14.2. The Kier molecular flexibility index (Phi) is 9.50. The van der Waals surface area contributed by atoms with Crippen LogP contribution in [0.4, 0.5) is 5.69 Å². The molecule has 3 rings (SSSR count). The molecule has 7 nitrogen and oxygen atoms in total. The zero-order chi connectivity index (χ0) is 27.2. The maximum absolute atomic E-state index is 13.8. The summed E-state index contributed by atoms with van der Waals surface area (Å²) in [4.78, 5) is 28.2. The van der Waals surface area contributed by atoms with Gasteiger partial charge >= 0.3 is 0 Å². The Bertz CT molecular complexity index is 1330. The molecule has 0 bridgehead atoms. The third kappa shape index (κ3) is 7.42. The summed E-state index contributed by atoms with van der Waals surface area (Å²) in [5.74, 6) is -0.808. The van der Waals surface area contributed by atoms with Gasteiger partial charge in [0, 0.05) is 17.1 Å². The number of halogens is 1. The molecular formula is C28H32BrN3O4S. The van der Waals surface area contributed by atoms with Crippen LogP contribution < -0.4 is 9.62 Å². The second-order valence-corrected chi connectivity index (χ2v) is 11.9. The molecule has 196 valence electrons. The molecule has 9 heteroatoms. The van der Waals surface area contributed by atoms with Gasteiger partial charge in [-0.05, 0) is 69.7 Å². The Morgan fingerprint density at radius 2 is 1.57 bits per heavy atom. The van der Waals surface area contributed by atoms with Crippen molar-refractivity contribution in [1.29, 1.82) is 0 Å². The van der Waals surface area contributed by atoms with Crippen molar-refractivity contribution in [3.63, 3.8) is 0 Å². The summed E-state index contributed by atoms with van der Waals surface area (Å²) in [5.41, 5.74) is 2.13. The zero-order valence-electron chi connectivity index (χ0n) is 21.4. The average molecular weight is 587 g/mol.